The molecule has 0 radical (unpaired) electrons. The quantitative estimate of drug-likeness (QED) is 0.735. The van der Waals surface area contributed by atoms with Gasteiger partial charge in [-0.2, -0.15) is 9.07 Å². The van der Waals surface area contributed by atoms with E-state index in [-0.39, 0.29) is 15.4 Å². The Hall–Kier alpha value is -1.50. The first kappa shape index (κ1) is 13.9. The maximum Gasteiger partial charge on any atom is 0.435 e. The Labute approximate surface area is 116 Å². The Morgan fingerprint density at radius 1 is 1.37 bits per heavy atom. The molecule has 0 N–H and O–H groups in total. The number of nitrogens with zero attached hydrogens (tertiary/aromatic N) is 2. The molecule has 0 saturated carbocycles. The fraction of sp³-hybridized carbons (Fsp3) is 0.333. The summed E-state index contributed by atoms with van der Waals surface area (Å²) in [7, 11) is 0. The smallest absolute Gasteiger partial charge is 0.435 e. The Morgan fingerprint density at radius 3 is 2.58 bits per heavy atom. The Bertz CT molecular complexity index is 662. The van der Waals surface area contributed by atoms with Crippen LogP contribution in [0, 0.1) is 11.8 Å². The number of hydrogen-bond acceptors (Lipinski definition) is 3. The topological polar surface area (TPSA) is 44.1 Å². The van der Waals surface area contributed by atoms with E-state index in [0.29, 0.717) is 0 Å². The molecule has 1 heterocycles. The van der Waals surface area contributed by atoms with Crippen LogP contribution in [0.15, 0.2) is 16.6 Å². The second-order valence-corrected chi connectivity index (χ2v) is 5.82. The van der Waals surface area contributed by atoms with E-state index in [1.807, 2.05) is 0 Å². The molecule has 19 heavy (non-hydrogen) atoms. The van der Waals surface area contributed by atoms with Crippen LogP contribution < -0.4 is 0 Å². The van der Waals surface area contributed by atoms with Gasteiger partial charge in [-0.15, -0.1) is 5.10 Å². The van der Waals surface area contributed by atoms with Crippen LogP contribution in [0.1, 0.15) is 20.8 Å². The second-order valence-electron chi connectivity index (χ2n) is 4.97. The zero-order chi connectivity index (χ0) is 14.4. The van der Waals surface area contributed by atoms with Crippen LogP contribution in [0.5, 0.6) is 0 Å². The number of carbonyl (C=O) groups excluding carboxylic acids is 1. The number of halogens is 3. The molecule has 0 saturated heterocycles. The number of benzene rings is 1. The van der Waals surface area contributed by atoms with Gasteiger partial charge in [0.15, 0.2) is 0 Å². The SMILES string of the molecule is CC(C)(C)OC(=O)n1nc(F)c2cc(F)c(Br)cc21. The fourth-order valence-corrected chi connectivity index (χ4v) is 1.85. The molecule has 1 aromatic carbocycles. The van der Waals surface area contributed by atoms with Crippen LogP contribution in [-0.2, 0) is 4.74 Å². The van der Waals surface area contributed by atoms with Gasteiger partial charge < -0.3 is 4.74 Å². The summed E-state index contributed by atoms with van der Waals surface area (Å²) in [5.74, 6) is -1.55. The monoisotopic (exact) mass is 332 g/mol. The number of carbonyl (C=O) groups is 1. The van der Waals surface area contributed by atoms with Crippen molar-refractivity contribution in [3.05, 3.63) is 28.4 Å². The summed E-state index contributed by atoms with van der Waals surface area (Å²) in [5.41, 5.74) is -0.594. The van der Waals surface area contributed by atoms with Gasteiger partial charge in [-0.25, -0.2) is 9.18 Å². The number of fused-ring (bicyclic) bond motifs is 1. The van der Waals surface area contributed by atoms with Crippen molar-refractivity contribution in [1.29, 1.82) is 0 Å². The minimum Gasteiger partial charge on any atom is -0.442 e. The highest BCUT2D eigenvalue weighted by molar-refractivity contribution is 9.10. The lowest BCUT2D eigenvalue weighted by molar-refractivity contribution is 0.0519. The molecule has 2 rings (SSSR count). The summed E-state index contributed by atoms with van der Waals surface area (Å²) in [6.45, 7) is 5.05. The van der Waals surface area contributed by atoms with Crippen LogP contribution in [-0.4, -0.2) is 21.5 Å². The average molecular weight is 333 g/mol. The molecule has 2 aromatic rings. The van der Waals surface area contributed by atoms with Gasteiger partial charge >= 0.3 is 6.09 Å². The van der Waals surface area contributed by atoms with Gasteiger partial charge in [-0.1, -0.05) is 0 Å². The standard InChI is InChI=1S/C12H11BrF2N2O2/c1-12(2,3)19-11(18)17-9-5-7(13)8(14)4-6(9)10(15)16-17/h4-5H,1-3H3. The van der Waals surface area contributed by atoms with Crippen molar-refractivity contribution in [1.82, 2.24) is 9.78 Å². The highest BCUT2D eigenvalue weighted by atomic mass is 79.9. The number of rotatable bonds is 0. The van der Waals surface area contributed by atoms with E-state index in [1.54, 1.807) is 20.8 Å². The lowest BCUT2D eigenvalue weighted by Gasteiger charge is -2.19. The van der Waals surface area contributed by atoms with E-state index >= 15 is 0 Å². The molecule has 0 amide bonds. The number of hydrogen-bond donors (Lipinski definition) is 0. The summed E-state index contributed by atoms with van der Waals surface area (Å²) in [5, 5.41) is 3.37. The zero-order valence-electron chi connectivity index (χ0n) is 10.5. The van der Waals surface area contributed by atoms with Crippen molar-refractivity contribution in [2.45, 2.75) is 26.4 Å². The third kappa shape index (κ3) is 2.75. The van der Waals surface area contributed by atoms with Gasteiger partial charge in [-0.05, 0) is 48.8 Å². The zero-order valence-corrected chi connectivity index (χ0v) is 12.1. The van der Waals surface area contributed by atoms with Gasteiger partial charge in [-0.3, -0.25) is 0 Å². The van der Waals surface area contributed by atoms with Crippen molar-refractivity contribution < 1.29 is 18.3 Å². The summed E-state index contributed by atoms with van der Waals surface area (Å²) in [4.78, 5) is 11.9. The van der Waals surface area contributed by atoms with E-state index in [0.717, 1.165) is 10.7 Å². The maximum absolute atomic E-state index is 13.6. The van der Waals surface area contributed by atoms with Crippen molar-refractivity contribution in [2.24, 2.45) is 0 Å². The minimum absolute atomic E-state index is 0.0773. The number of aromatic nitrogens is 2. The Morgan fingerprint density at radius 2 is 2.00 bits per heavy atom. The molecule has 0 bridgehead atoms. The van der Waals surface area contributed by atoms with Crippen molar-refractivity contribution in [2.75, 3.05) is 0 Å². The van der Waals surface area contributed by atoms with E-state index in [1.165, 1.54) is 6.07 Å². The summed E-state index contributed by atoms with van der Waals surface area (Å²) in [6.07, 6.45) is -0.820. The van der Waals surface area contributed by atoms with Gasteiger partial charge in [0.2, 0.25) is 5.95 Å². The summed E-state index contributed by atoms with van der Waals surface area (Å²) in [6, 6.07) is 2.26. The highest BCUT2D eigenvalue weighted by Gasteiger charge is 2.23. The van der Waals surface area contributed by atoms with Gasteiger partial charge in [0, 0.05) is 0 Å². The van der Waals surface area contributed by atoms with Crippen LogP contribution in [0.4, 0.5) is 13.6 Å². The molecule has 0 aliphatic rings. The highest BCUT2D eigenvalue weighted by Crippen LogP contribution is 2.25. The average Bonchev–Trinajstić information content (AvgIpc) is 2.55. The lowest BCUT2D eigenvalue weighted by atomic mass is 10.2. The molecule has 0 aliphatic carbocycles. The first-order valence-electron chi connectivity index (χ1n) is 5.45. The van der Waals surface area contributed by atoms with Crippen LogP contribution in [0.25, 0.3) is 10.9 Å². The molecule has 0 atom stereocenters. The molecule has 4 nitrogen and oxygen atoms in total. The van der Waals surface area contributed by atoms with Crippen molar-refractivity contribution in [3.8, 4) is 0 Å². The predicted molar refractivity (Wildman–Crippen MR) is 69.0 cm³/mol. The van der Waals surface area contributed by atoms with Crippen LogP contribution >= 0.6 is 15.9 Å². The van der Waals surface area contributed by atoms with Gasteiger partial charge in [0.1, 0.15) is 11.4 Å². The summed E-state index contributed by atoms with van der Waals surface area (Å²) >= 11 is 2.98. The first-order valence-corrected chi connectivity index (χ1v) is 6.25. The third-order valence-corrected chi connectivity index (χ3v) is 2.85. The third-order valence-electron chi connectivity index (χ3n) is 2.24. The molecule has 7 heteroatoms. The molecule has 0 spiro atoms. The molecular formula is C12H11BrF2N2O2. The largest absolute Gasteiger partial charge is 0.442 e. The normalized spacial score (nSPS) is 11.9. The lowest BCUT2D eigenvalue weighted by Crippen LogP contribution is -2.27. The fourth-order valence-electron chi connectivity index (χ4n) is 1.52. The molecular weight excluding hydrogens is 322 g/mol. The predicted octanol–water partition coefficient (Wildman–Crippen LogP) is 3.86. The van der Waals surface area contributed by atoms with E-state index in [2.05, 4.69) is 21.0 Å². The van der Waals surface area contributed by atoms with Crippen molar-refractivity contribution >= 4 is 32.9 Å². The molecule has 102 valence electrons. The van der Waals surface area contributed by atoms with Crippen molar-refractivity contribution in [3.63, 3.8) is 0 Å². The Balaban J connectivity index is 2.56. The number of ether oxygens (including phenoxy) is 1. The maximum atomic E-state index is 13.6. The van der Waals surface area contributed by atoms with Gasteiger partial charge in [0.25, 0.3) is 0 Å². The molecule has 1 aromatic heterocycles. The molecule has 0 aliphatic heterocycles. The first-order chi connectivity index (χ1) is 8.69. The van der Waals surface area contributed by atoms with E-state index < -0.39 is 23.5 Å². The minimum atomic E-state index is -0.924. The molecule has 0 fully saturated rings. The van der Waals surface area contributed by atoms with Crippen LogP contribution in [0.3, 0.4) is 0 Å². The molecule has 0 unspecified atom stereocenters. The summed E-state index contributed by atoms with van der Waals surface area (Å²) < 4.78 is 32.9. The van der Waals surface area contributed by atoms with Gasteiger partial charge in [0.05, 0.1) is 15.4 Å². The van der Waals surface area contributed by atoms with E-state index in [9.17, 15) is 13.6 Å². The Kier molecular flexibility index (Phi) is 3.34. The second kappa shape index (κ2) is 4.56. The van der Waals surface area contributed by atoms with Crippen LogP contribution in [0.2, 0.25) is 0 Å². The van der Waals surface area contributed by atoms with E-state index in [4.69, 9.17) is 4.74 Å².